The van der Waals surface area contributed by atoms with Gasteiger partial charge in [-0.15, -0.1) is 11.3 Å². The highest BCUT2D eigenvalue weighted by Gasteiger charge is 2.27. The molecule has 0 atom stereocenters. The van der Waals surface area contributed by atoms with Gasteiger partial charge in [-0.25, -0.2) is 9.78 Å². The number of carbonyl (C=O) groups is 3. The minimum atomic E-state index is -0.860. The molecular weight excluding hydrogens is 306 g/mol. The Labute approximate surface area is 133 Å². The second-order valence-corrected chi connectivity index (χ2v) is 7.33. The lowest BCUT2D eigenvalue weighted by atomic mass is 9.93. The Morgan fingerprint density at radius 2 is 1.86 bits per heavy atom. The van der Waals surface area contributed by atoms with Crippen molar-refractivity contribution < 1.29 is 19.1 Å². The fraction of sp³-hybridized carbons (Fsp3) is 0.571. The highest BCUT2D eigenvalue weighted by molar-refractivity contribution is 7.11. The van der Waals surface area contributed by atoms with E-state index in [1.54, 1.807) is 34.6 Å². The Hall–Kier alpha value is -1.96. The number of ether oxygens (including phenoxy) is 1. The second kappa shape index (κ2) is 6.43. The van der Waals surface area contributed by atoms with Gasteiger partial charge in [-0.05, 0) is 34.6 Å². The monoisotopic (exact) mass is 327 g/mol. The van der Waals surface area contributed by atoms with Crippen LogP contribution in [0.15, 0.2) is 5.38 Å². The standard InChI is InChI=1S/C14H21N3O4S/c1-13(2,3)21-11(19)8-6-22-10(17-8)9(18)16-7-14(4,5)12(15)20/h6H,7H2,1-5H3,(H2,15,20)(H,16,18). The largest absolute Gasteiger partial charge is 0.455 e. The van der Waals surface area contributed by atoms with Crippen LogP contribution in [0.25, 0.3) is 0 Å². The summed E-state index contributed by atoms with van der Waals surface area (Å²) in [7, 11) is 0. The van der Waals surface area contributed by atoms with Crippen LogP contribution in [0.2, 0.25) is 0 Å². The first-order valence-corrected chi connectivity index (χ1v) is 7.57. The van der Waals surface area contributed by atoms with Crippen LogP contribution in [0.5, 0.6) is 0 Å². The number of aromatic nitrogens is 1. The van der Waals surface area contributed by atoms with E-state index in [0.29, 0.717) is 0 Å². The Kier molecular flexibility index (Phi) is 5.29. The van der Waals surface area contributed by atoms with Gasteiger partial charge in [-0.1, -0.05) is 0 Å². The summed E-state index contributed by atoms with van der Waals surface area (Å²) in [6.45, 7) is 8.58. The maximum absolute atomic E-state index is 12.0. The van der Waals surface area contributed by atoms with Gasteiger partial charge in [0.15, 0.2) is 10.7 Å². The first kappa shape index (κ1) is 18.1. The summed E-state index contributed by atoms with van der Waals surface area (Å²) in [5, 5.41) is 4.16. The molecule has 7 nitrogen and oxygen atoms in total. The van der Waals surface area contributed by atoms with Gasteiger partial charge in [0.2, 0.25) is 5.91 Å². The molecule has 22 heavy (non-hydrogen) atoms. The Morgan fingerprint density at radius 3 is 2.36 bits per heavy atom. The molecule has 0 bridgehead atoms. The lowest BCUT2D eigenvalue weighted by Crippen LogP contribution is -2.42. The third-order valence-electron chi connectivity index (χ3n) is 2.66. The second-order valence-electron chi connectivity index (χ2n) is 6.47. The molecule has 2 amide bonds. The van der Waals surface area contributed by atoms with E-state index in [4.69, 9.17) is 10.5 Å². The molecule has 1 aromatic rings. The Morgan fingerprint density at radius 1 is 1.27 bits per heavy atom. The average Bonchev–Trinajstić information content (AvgIpc) is 2.83. The van der Waals surface area contributed by atoms with Gasteiger partial charge in [0.1, 0.15) is 5.60 Å². The van der Waals surface area contributed by atoms with Crippen LogP contribution in [-0.4, -0.2) is 34.9 Å². The molecule has 1 rings (SSSR count). The molecule has 0 aliphatic carbocycles. The van der Waals surface area contributed by atoms with Gasteiger partial charge in [0.25, 0.3) is 5.91 Å². The predicted molar refractivity (Wildman–Crippen MR) is 82.6 cm³/mol. The van der Waals surface area contributed by atoms with Crippen molar-refractivity contribution >= 4 is 29.1 Å². The predicted octanol–water partition coefficient (Wildman–Crippen LogP) is 1.34. The van der Waals surface area contributed by atoms with Gasteiger partial charge in [0.05, 0.1) is 5.41 Å². The normalized spacial score (nSPS) is 11.9. The van der Waals surface area contributed by atoms with Gasteiger partial charge < -0.3 is 15.8 Å². The number of carbonyl (C=O) groups excluding carboxylic acids is 3. The number of rotatable bonds is 5. The molecule has 0 aliphatic rings. The summed E-state index contributed by atoms with van der Waals surface area (Å²) in [6.07, 6.45) is 0. The number of thiazole rings is 1. The average molecular weight is 327 g/mol. The van der Waals surface area contributed by atoms with Crippen LogP contribution in [0, 0.1) is 5.41 Å². The molecule has 0 radical (unpaired) electrons. The minimum Gasteiger partial charge on any atom is -0.455 e. The highest BCUT2D eigenvalue weighted by atomic mass is 32.1. The molecule has 0 saturated heterocycles. The number of esters is 1. The molecule has 0 fully saturated rings. The van der Waals surface area contributed by atoms with E-state index in [9.17, 15) is 14.4 Å². The number of primary amides is 1. The maximum Gasteiger partial charge on any atom is 0.358 e. The summed E-state index contributed by atoms with van der Waals surface area (Å²) in [4.78, 5) is 38.9. The third-order valence-corrected chi connectivity index (χ3v) is 3.51. The van der Waals surface area contributed by atoms with Crippen LogP contribution in [0.1, 0.15) is 54.9 Å². The van der Waals surface area contributed by atoms with Crippen LogP contribution < -0.4 is 11.1 Å². The summed E-state index contributed by atoms with van der Waals surface area (Å²) in [5.74, 6) is -1.56. The van der Waals surface area contributed by atoms with Crippen LogP contribution in [-0.2, 0) is 9.53 Å². The molecule has 1 aromatic heterocycles. The fourth-order valence-corrected chi connectivity index (χ4v) is 1.97. The molecule has 0 aliphatic heterocycles. The number of hydrogen-bond acceptors (Lipinski definition) is 6. The van der Waals surface area contributed by atoms with Crippen LogP contribution in [0.4, 0.5) is 0 Å². The van der Waals surface area contributed by atoms with E-state index in [1.807, 2.05) is 0 Å². The zero-order valence-corrected chi connectivity index (χ0v) is 14.2. The van der Waals surface area contributed by atoms with Crippen molar-refractivity contribution in [2.24, 2.45) is 11.1 Å². The van der Waals surface area contributed by atoms with Crippen molar-refractivity contribution in [2.75, 3.05) is 6.54 Å². The molecular formula is C14H21N3O4S. The molecule has 0 aromatic carbocycles. The Balaban J connectivity index is 2.70. The Bertz CT molecular complexity index is 587. The van der Waals surface area contributed by atoms with E-state index in [2.05, 4.69) is 10.3 Å². The van der Waals surface area contributed by atoms with E-state index < -0.39 is 28.8 Å². The first-order valence-electron chi connectivity index (χ1n) is 6.69. The van der Waals surface area contributed by atoms with Crippen LogP contribution >= 0.6 is 11.3 Å². The van der Waals surface area contributed by atoms with E-state index in [-0.39, 0.29) is 17.2 Å². The van der Waals surface area contributed by atoms with Crippen molar-refractivity contribution in [1.82, 2.24) is 10.3 Å². The zero-order chi connectivity index (χ0) is 17.1. The van der Waals surface area contributed by atoms with Crippen molar-refractivity contribution in [3.63, 3.8) is 0 Å². The van der Waals surface area contributed by atoms with E-state index >= 15 is 0 Å². The summed E-state index contributed by atoms with van der Waals surface area (Å²) >= 11 is 1.03. The number of hydrogen-bond donors (Lipinski definition) is 2. The number of nitrogens with zero attached hydrogens (tertiary/aromatic N) is 1. The molecule has 122 valence electrons. The molecule has 0 unspecified atom stereocenters. The quantitative estimate of drug-likeness (QED) is 0.793. The van der Waals surface area contributed by atoms with Gasteiger partial charge in [0, 0.05) is 11.9 Å². The number of amides is 2. The van der Waals surface area contributed by atoms with E-state index in [0.717, 1.165) is 11.3 Å². The maximum atomic E-state index is 12.0. The SMILES string of the molecule is CC(C)(C)OC(=O)c1csc(C(=O)NCC(C)(C)C(N)=O)n1. The molecule has 3 N–H and O–H groups in total. The minimum absolute atomic E-state index is 0.0826. The summed E-state index contributed by atoms with van der Waals surface area (Å²) in [6, 6.07) is 0. The summed E-state index contributed by atoms with van der Waals surface area (Å²) in [5.41, 5.74) is 3.83. The number of nitrogens with one attached hydrogen (secondary N) is 1. The van der Waals surface area contributed by atoms with Gasteiger partial charge >= 0.3 is 5.97 Å². The number of nitrogens with two attached hydrogens (primary N) is 1. The molecule has 8 heteroatoms. The fourth-order valence-electron chi connectivity index (χ4n) is 1.27. The lowest BCUT2D eigenvalue weighted by Gasteiger charge is -2.20. The van der Waals surface area contributed by atoms with Crippen molar-refractivity contribution in [2.45, 2.75) is 40.2 Å². The zero-order valence-electron chi connectivity index (χ0n) is 13.4. The first-order chi connectivity index (χ1) is 9.92. The smallest absolute Gasteiger partial charge is 0.358 e. The van der Waals surface area contributed by atoms with E-state index in [1.165, 1.54) is 5.38 Å². The lowest BCUT2D eigenvalue weighted by molar-refractivity contribution is -0.125. The molecule has 0 spiro atoms. The molecule has 0 saturated carbocycles. The van der Waals surface area contributed by atoms with Crippen molar-refractivity contribution in [1.29, 1.82) is 0 Å². The molecule has 1 heterocycles. The highest BCUT2D eigenvalue weighted by Crippen LogP contribution is 2.16. The third kappa shape index (κ3) is 5.10. The summed E-state index contributed by atoms with van der Waals surface area (Å²) < 4.78 is 5.17. The van der Waals surface area contributed by atoms with Crippen LogP contribution in [0.3, 0.4) is 0 Å². The van der Waals surface area contributed by atoms with Gasteiger partial charge in [-0.2, -0.15) is 0 Å². The van der Waals surface area contributed by atoms with Crippen molar-refractivity contribution in [3.05, 3.63) is 16.1 Å². The van der Waals surface area contributed by atoms with Gasteiger partial charge in [-0.3, -0.25) is 9.59 Å². The van der Waals surface area contributed by atoms with Crippen molar-refractivity contribution in [3.8, 4) is 0 Å². The topological polar surface area (TPSA) is 111 Å².